The Morgan fingerprint density at radius 1 is 1.21 bits per heavy atom. The zero-order chi connectivity index (χ0) is 22.0. The molecular formula is C18H14F3IN2O4S. The number of sulfone groups is 1. The van der Waals surface area contributed by atoms with Crippen molar-refractivity contribution in [3.8, 4) is 0 Å². The minimum absolute atomic E-state index is 0.105. The monoisotopic (exact) mass is 538 g/mol. The fraction of sp³-hybridized carbons (Fsp3) is 0.222. The molecule has 0 aromatic heterocycles. The lowest BCUT2D eigenvalue weighted by Gasteiger charge is -2.22. The molecule has 1 atom stereocenters. The summed E-state index contributed by atoms with van der Waals surface area (Å²) < 4.78 is 64.8. The van der Waals surface area contributed by atoms with Crippen molar-refractivity contribution in [2.45, 2.75) is 23.6 Å². The van der Waals surface area contributed by atoms with Gasteiger partial charge in [-0.3, -0.25) is 4.79 Å². The van der Waals surface area contributed by atoms with Crippen LogP contribution in [0.2, 0.25) is 0 Å². The largest absolute Gasteiger partial charge is 0.407 e. The number of anilines is 1. The van der Waals surface area contributed by atoms with Gasteiger partial charge in [0.05, 0.1) is 22.8 Å². The van der Waals surface area contributed by atoms with Gasteiger partial charge in [-0.05, 0) is 65.9 Å². The maximum absolute atomic E-state index is 13.0. The number of alkyl halides is 3. The number of rotatable bonds is 5. The predicted octanol–water partition coefficient (Wildman–Crippen LogP) is 4.02. The molecule has 0 unspecified atom stereocenters. The van der Waals surface area contributed by atoms with Crippen molar-refractivity contribution >= 4 is 49.7 Å². The van der Waals surface area contributed by atoms with Crippen LogP contribution in [0.5, 0.6) is 0 Å². The second-order valence-corrected chi connectivity index (χ2v) is 9.52. The van der Waals surface area contributed by atoms with E-state index in [1.165, 1.54) is 12.1 Å². The molecule has 0 saturated carbocycles. The Morgan fingerprint density at radius 3 is 2.31 bits per heavy atom. The second kappa shape index (κ2) is 8.29. The number of halogens is 4. The Kier molecular flexibility index (Phi) is 6.61. The molecule has 0 saturated heterocycles. The quantitative estimate of drug-likeness (QED) is 0.445. The second-order valence-electron chi connectivity index (χ2n) is 6.28. The summed E-state index contributed by atoms with van der Waals surface area (Å²) in [5, 5.41) is 12.4. The van der Waals surface area contributed by atoms with Gasteiger partial charge in [0.1, 0.15) is 0 Å². The van der Waals surface area contributed by atoms with Crippen LogP contribution >= 0.6 is 22.6 Å². The predicted molar refractivity (Wildman–Crippen MR) is 108 cm³/mol. The van der Waals surface area contributed by atoms with Crippen molar-refractivity contribution in [2.75, 3.05) is 11.1 Å². The Bertz CT molecular complexity index is 1080. The molecule has 0 bridgehead atoms. The first-order chi connectivity index (χ1) is 13.3. The molecule has 6 nitrogen and oxygen atoms in total. The van der Waals surface area contributed by atoms with E-state index in [9.17, 15) is 31.5 Å². The smallest absolute Gasteiger partial charge is 0.379 e. The van der Waals surface area contributed by atoms with E-state index in [2.05, 4.69) is 10.2 Å². The minimum atomic E-state index is -4.82. The van der Waals surface area contributed by atoms with Crippen LogP contribution in [-0.4, -0.2) is 30.8 Å². The third-order valence-corrected chi connectivity index (χ3v) is 6.46. The lowest BCUT2D eigenvalue weighted by atomic mass is 10.1. The third kappa shape index (κ3) is 5.68. The average Bonchev–Trinajstić information content (AvgIpc) is 2.60. The van der Waals surface area contributed by atoms with Gasteiger partial charge in [-0.2, -0.15) is 13.2 Å². The summed E-state index contributed by atoms with van der Waals surface area (Å²) in [6.45, 7) is 7.75. The molecule has 0 aliphatic heterocycles. The van der Waals surface area contributed by atoms with Gasteiger partial charge < -0.3 is 10.4 Å². The SMILES string of the molecule is [C-]#[N+]c1ccc(NC(=O)[C@@](C)(O)CS(=O)(=O)c2ccc(I)cc2)cc1C(F)(F)F. The molecule has 1 amide bonds. The molecule has 2 aromatic carbocycles. The van der Waals surface area contributed by atoms with Crippen molar-refractivity contribution in [1.82, 2.24) is 0 Å². The molecule has 2 aromatic rings. The van der Waals surface area contributed by atoms with E-state index in [0.29, 0.717) is 6.07 Å². The highest BCUT2D eigenvalue weighted by Gasteiger charge is 2.38. The van der Waals surface area contributed by atoms with E-state index in [4.69, 9.17) is 6.57 Å². The van der Waals surface area contributed by atoms with Crippen molar-refractivity contribution < 1.29 is 31.5 Å². The third-order valence-electron chi connectivity index (χ3n) is 3.81. The first-order valence-electron chi connectivity index (χ1n) is 7.87. The summed E-state index contributed by atoms with van der Waals surface area (Å²) in [5.74, 6) is -2.17. The highest BCUT2D eigenvalue weighted by molar-refractivity contribution is 14.1. The minimum Gasteiger partial charge on any atom is -0.379 e. The number of carbonyl (C=O) groups excluding carboxylic acids is 1. The zero-order valence-electron chi connectivity index (χ0n) is 14.8. The van der Waals surface area contributed by atoms with Crippen LogP contribution in [0, 0.1) is 10.1 Å². The van der Waals surface area contributed by atoms with Crippen LogP contribution < -0.4 is 5.32 Å². The molecule has 0 fully saturated rings. The highest BCUT2D eigenvalue weighted by atomic mass is 127. The molecule has 0 aliphatic rings. The maximum atomic E-state index is 13.0. The highest BCUT2D eigenvalue weighted by Crippen LogP contribution is 2.38. The van der Waals surface area contributed by atoms with E-state index >= 15 is 0 Å². The van der Waals surface area contributed by atoms with E-state index in [-0.39, 0.29) is 10.6 Å². The topological polar surface area (TPSA) is 87.8 Å². The number of hydrogen-bond acceptors (Lipinski definition) is 4. The fourth-order valence-electron chi connectivity index (χ4n) is 2.36. The summed E-state index contributed by atoms with van der Waals surface area (Å²) in [7, 11) is -4.05. The average molecular weight is 538 g/mol. The summed E-state index contributed by atoms with van der Waals surface area (Å²) >= 11 is 1.98. The lowest BCUT2D eigenvalue weighted by Crippen LogP contribution is -2.45. The molecule has 0 radical (unpaired) electrons. The number of aliphatic hydroxyl groups is 1. The van der Waals surface area contributed by atoms with Crippen LogP contribution in [0.15, 0.2) is 47.4 Å². The first-order valence-corrected chi connectivity index (χ1v) is 10.6. The summed E-state index contributed by atoms with van der Waals surface area (Å²) in [6.07, 6.45) is -4.82. The standard InChI is InChI=1S/C18H14F3IN2O4S/c1-17(26,10-29(27,28)13-6-3-11(22)4-7-13)16(25)24-12-5-8-15(23-2)14(9-12)18(19,20)21/h3-9,26H,10H2,1H3,(H,24,25)/t17-/m0/s1. The lowest BCUT2D eigenvalue weighted by molar-refractivity contribution is -0.137. The van der Waals surface area contributed by atoms with Gasteiger partial charge in [0.25, 0.3) is 5.91 Å². The molecule has 0 spiro atoms. The van der Waals surface area contributed by atoms with E-state index < -0.39 is 44.5 Å². The number of amides is 1. The van der Waals surface area contributed by atoms with Crippen molar-refractivity contribution in [1.29, 1.82) is 0 Å². The van der Waals surface area contributed by atoms with Crippen LogP contribution in [0.25, 0.3) is 4.85 Å². The Hall–Kier alpha value is -2.17. The van der Waals surface area contributed by atoms with Gasteiger partial charge in [-0.15, -0.1) is 0 Å². The van der Waals surface area contributed by atoms with E-state index in [1.807, 2.05) is 22.6 Å². The molecule has 29 heavy (non-hydrogen) atoms. The molecule has 2 rings (SSSR count). The number of nitrogens with one attached hydrogen (secondary N) is 1. The van der Waals surface area contributed by atoms with E-state index in [0.717, 1.165) is 22.6 Å². The number of benzene rings is 2. The van der Waals surface area contributed by atoms with Crippen LogP contribution in [0.3, 0.4) is 0 Å². The van der Waals surface area contributed by atoms with Gasteiger partial charge in [0, 0.05) is 9.26 Å². The maximum Gasteiger partial charge on any atom is 0.407 e. The fourth-order valence-corrected chi connectivity index (χ4v) is 4.31. The van der Waals surface area contributed by atoms with Crippen molar-refractivity contribution in [2.24, 2.45) is 0 Å². The number of nitrogens with zero attached hydrogens (tertiary/aromatic N) is 1. The van der Waals surface area contributed by atoms with Crippen molar-refractivity contribution in [3.05, 3.63) is 63.0 Å². The Labute approximate surface area is 178 Å². The number of hydrogen-bond donors (Lipinski definition) is 2. The van der Waals surface area contributed by atoms with Crippen LogP contribution in [0.1, 0.15) is 12.5 Å². The Balaban J connectivity index is 2.25. The van der Waals surface area contributed by atoms with Gasteiger partial charge in [0.2, 0.25) is 0 Å². The molecule has 0 aliphatic carbocycles. The Morgan fingerprint density at radius 2 is 1.79 bits per heavy atom. The molecule has 2 N–H and O–H groups in total. The normalized spacial score (nSPS) is 14.0. The first kappa shape index (κ1) is 23.1. The molecule has 0 heterocycles. The van der Waals surface area contributed by atoms with Gasteiger partial charge in [-0.25, -0.2) is 13.3 Å². The van der Waals surface area contributed by atoms with Crippen LogP contribution in [-0.2, 0) is 20.8 Å². The van der Waals surface area contributed by atoms with Gasteiger partial charge in [-0.1, -0.05) is 6.07 Å². The summed E-state index contributed by atoms with van der Waals surface area (Å²) in [4.78, 5) is 15.0. The van der Waals surface area contributed by atoms with E-state index in [1.54, 1.807) is 12.1 Å². The summed E-state index contributed by atoms with van der Waals surface area (Å²) in [5.41, 5.74) is -4.65. The number of carbonyl (C=O) groups is 1. The van der Waals surface area contributed by atoms with Crippen LogP contribution in [0.4, 0.5) is 24.5 Å². The molecule has 154 valence electrons. The van der Waals surface area contributed by atoms with Crippen molar-refractivity contribution in [3.63, 3.8) is 0 Å². The molecule has 11 heteroatoms. The van der Waals surface area contributed by atoms with Gasteiger partial charge in [0.15, 0.2) is 21.1 Å². The van der Waals surface area contributed by atoms with Gasteiger partial charge >= 0.3 is 6.18 Å². The summed E-state index contributed by atoms with van der Waals surface area (Å²) in [6, 6.07) is 8.22. The molecular weight excluding hydrogens is 524 g/mol. The zero-order valence-corrected chi connectivity index (χ0v) is 17.8.